The van der Waals surface area contributed by atoms with Gasteiger partial charge in [0.25, 0.3) is 0 Å². The minimum absolute atomic E-state index is 0.0973. The Labute approximate surface area is 181 Å². The smallest absolute Gasteiger partial charge is 0.383 e. The first-order valence-corrected chi connectivity index (χ1v) is 10.1. The second-order valence-corrected chi connectivity index (χ2v) is 7.53. The van der Waals surface area contributed by atoms with E-state index in [4.69, 9.17) is 14.0 Å². The highest BCUT2D eigenvalue weighted by atomic mass is 19.4. The third-order valence-electron chi connectivity index (χ3n) is 4.93. The molecule has 0 aliphatic carbocycles. The van der Waals surface area contributed by atoms with Gasteiger partial charge in [0.2, 0.25) is 0 Å². The molecule has 0 bridgehead atoms. The molecule has 1 fully saturated rings. The average molecular weight is 455 g/mol. The van der Waals surface area contributed by atoms with Gasteiger partial charge in [-0.25, -0.2) is 15.0 Å². The number of fused-ring (bicyclic) bond motifs is 1. The Hall–Kier alpha value is -2.77. The molecule has 174 valence electrons. The van der Waals surface area contributed by atoms with Gasteiger partial charge in [0.15, 0.2) is 17.3 Å². The third kappa shape index (κ3) is 5.34. The Morgan fingerprint density at radius 1 is 1.31 bits per heavy atom. The van der Waals surface area contributed by atoms with Gasteiger partial charge in [-0.15, -0.1) is 0 Å². The summed E-state index contributed by atoms with van der Waals surface area (Å²) >= 11 is 0. The number of halogens is 3. The number of ether oxygens (including phenoxy) is 2. The molecule has 0 saturated carbocycles. The number of hydrogen-bond donors (Lipinski definition) is 1. The molecule has 4 heterocycles. The second-order valence-electron chi connectivity index (χ2n) is 7.53. The van der Waals surface area contributed by atoms with Crippen LogP contribution in [0.15, 0.2) is 16.9 Å². The fourth-order valence-corrected chi connectivity index (χ4v) is 3.53. The summed E-state index contributed by atoms with van der Waals surface area (Å²) in [4.78, 5) is 15.2. The van der Waals surface area contributed by atoms with E-state index in [2.05, 4.69) is 30.3 Å². The molecule has 1 aliphatic rings. The van der Waals surface area contributed by atoms with Crippen LogP contribution in [-0.4, -0.2) is 75.7 Å². The zero-order chi connectivity index (χ0) is 22.7. The lowest BCUT2D eigenvalue weighted by Crippen LogP contribution is -2.38. The van der Waals surface area contributed by atoms with E-state index in [1.807, 2.05) is 13.0 Å². The number of nitrogens with zero attached hydrogens (tertiary/aromatic N) is 6. The topological polar surface area (TPSA) is 103 Å². The van der Waals surface area contributed by atoms with Gasteiger partial charge in [0.05, 0.1) is 25.2 Å². The number of methoxy groups -OCH3 is 1. The van der Waals surface area contributed by atoms with Crippen LogP contribution in [0.2, 0.25) is 0 Å². The van der Waals surface area contributed by atoms with Crippen LogP contribution in [0.25, 0.3) is 11.2 Å². The van der Waals surface area contributed by atoms with E-state index < -0.39 is 18.8 Å². The van der Waals surface area contributed by atoms with E-state index in [1.165, 1.54) is 0 Å². The van der Waals surface area contributed by atoms with Gasteiger partial charge in [-0.2, -0.15) is 13.2 Å². The zero-order valence-corrected chi connectivity index (χ0v) is 17.7. The third-order valence-corrected chi connectivity index (χ3v) is 4.93. The molecule has 0 spiro atoms. The molecule has 10 nitrogen and oxygen atoms in total. The first-order valence-electron chi connectivity index (χ1n) is 10.1. The number of rotatable bonds is 8. The average Bonchev–Trinajstić information content (AvgIpc) is 3.33. The van der Waals surface area contributed by atoms with Crippen molar-refractivity contribution < 1.29 is 27.2 Å². The highest BCUT2D eigenvalue weighted by molar-refractivity contribution is 5.83. The Balaban J connectivity index is 1.61. The molecule has 3 aromatic rings. The van der Waals surface area contributed by atoms with Gasteiger partial charge in [-0.05, 0) is 6.92 Å². The summed E-state index contributed by atoms with van der Waals surface area (Å²) in [6, 6.07) is 1.86. The van der Waals surface area contributed by atoms with Crippen LogP contribution in [0.4, 0.5) is 19.0 Å². The predicted molar refractivity (Wildman–Crippen MR) is 107 cm³/mol. The fourth-order valence-electron chi connectivity index (χ4n) is 3.53. The van der Waals surface area contributed by atoms with Gasteiger partial charge >= 0.3 is 6.18 Å². The molecule has 0 aromatic carbocycles. The normalized spacial score (nSPS) is 17.8. The highest BCUT2D eigenvalue weighted by Crippen LogP contribution is 2.27. The number of hydrogen-bond acceptors (Lipinski definition) is 9. The van der Waals surface area contributed by atoms with Crippen molar-refractivity contribution in [1.82, 2.24) is 29.6 Å². The van der Waals surface area contributed by atoms with E-state index in [9.17, 15) is 13.2 Å². The summed E-state index contributed by atoms with van der Waals surface area (Å²) in [5.41, 5.74) is 1.16. The van der Waals surface area contributed by atoms with Gasteiger partial charge in [-0.1, -0.05) is 5.16 Å². The van der Waals surface area contributed by atoms with Crippen molar-refractivity contribution in [3.63, 3.8) is 0 Å². The van der Waals surface area contributed by atoms with Crippen molar-refractivity contribution in [2.24, 2.45) is 0 Å². The molecule has 0 amide bonds. The zero-order valence-electron chi connectivity index (χ0n) is 17.7. The van der Waals surface area contributed by atoms with Crippen LogP contribution in [-0.2, 0) is 22.6 Å². The number of nitrogens with one attached hydrogen (secondary N) is 1. The minimum atomic E-state index is -4.41. The van der Waals surface area contributed by atoms with E-state index in [-0.39, 0.29) is 11.2 Å². The summed E-state index contributed by atoms with van der Waals surface area (Å²) in [5.74, 6) is 1.36. The van der Waals surface area contributed by atoms with Crippen LogP contribution in [0.3, 0.4) is 0 Å². The van der Waals surface area contributed by atoms with Gasteiger partial charge in [-0.3, -0.25) is 4.90 Å². The number of morpholine rings is 1. The van der Waals surface area contributed by atoms with Crippen molar-refractivity contribution in [3.05, 3.63) is 29.7 Å². The molecule has 1 saturated heterocycles. The number of alkyl halides is 3. The van der Waals surface area contributed by atoms with Gasteiger partial charge in [0, 0.05) is 39.4 Å². The standard InChI is InChI=1S/C19H24F3N7O3/c1-12-7-13(27-32-12)8-28-4-6-31-14(9-28)16-25-17(23-3-5-30-2)15-18(26-16)29(11-24-15)10-19(20,21)22/h7,11,14H,3-6,8-10H2,1-2H3,(H,23,25,26). The first-order chi connectivity index (χ1) is 15.3. The largest absolute Gasteiger partial charge is 0.406 e. The Kier molecular flexibility index (Phi) is 6.58. The minimum Gasteiger partial charge on any atom is -0.383 e. The van der Waals surface area contributed by atoms with Crippen LogP contribution >= 0.6 is 0 Å². The molecular weight excluding hydrogens is 431 g/mol. The molecule has 1 N–H and O–H groups in total. The van der Waals surface area contributed by atoms with Crippen molar-refractivity contribution in [2.45, 2.75) is 32.3 Å². The number of aromatic nitrogens is 5. The molecule has 1 unspecified atom stereocenters. The summed E-state index contributed by atoms with van der Waals surface area (Å²) in [7, 11) is 1.56. The molecule has 4 rings (SSSR count). The lowest BCUT2D eigenvalue weighted by atomic mass is 10.2. The number of aryl methyl sites for hydroxylation is 1. The molecule has 13 heteroatoms. The van der Waals surface area contributed by atoms with Crippen molar-refractivity contribution in [1.29, 1.82) is 0 Å². The van der Waals surface area contributed by atoms with Crippen LogP contribution < -0.4 is 5.32 Å². The molecule has 3 aromatic heterocycles. The van der Waals surface area contributed by atoms with Crippen LogP contribution in [0.1, 0.15) is 23.4 Å². The quantitative estimate of drug-likeness (QED) is 0.513. The van der Waals surface area contributed by atoms with Crippen molar-refractivity contribution in [3.8, 4) is 0 Å². The Bertz CT molecular complexity index is 1050. The molecular formula is C19H24F3N7O3. The maximum atomic E-state index is 13.0. The van der Waals surface area contributed by atoms with Gasteiger partial charge in [0.1, 0.15) is 23.9 Å². The lowest BCUT2D eigenvalue weighted by molar-refractivity contribution is -0.140. The Morgan fingerprint density at radius 2 is 2.16 bits per heavy atom. The summed E-state index contributed by atoms with van der Waals surface area (Å²) in [5, 5.41) is 7.09. The highest BCUT2D eigenvalue weighted by Gasteiger charge is 2.31. The molecule has 0 radical (unpaired) electrons. The van der Waals surface area contributed by atoms with Crippen molar-refractivity contribution in [2.75, 3.05) is 45.3 Å². The van der Waals surface area contributed by atoms with E-state index in [0.717, 1.165) is 22.3 Å². The van der Waals surface area contributed by atoms with Crippen molar-refractivity contribution >= 4 is 17.0 Å². The lowest BCUT2D eigenvalue weighted by Gasteiger charge is -2.31. The van der Waals surface area contributed by atoms with Crippen LogP contribution in [0, 0.1) is 6.92 Å². The summed E-state index contributed by atoms with van der Waals surface area (Å²) in [6.07, 6.45) is -3.80. The van der Waals surface area contributed by atoms with E-state index in [0.29, 0.717) is 51.0 Å². The summed E-state index contributed by atoms with van der Waals surface area (Å²) in [6.45, 7) is 3.57. The fraction of sp³-hybridized carbons (Fsp3) is 0.579. The predicted octanol–water partition coefficient (Wildman–Crippen LogP) is 2.32. The number of anilines is 1. The SMILES string of the molecule is COCCNc1nc(C2CN(Cc3cc(C)on3)CCO2)nc2c1ncn2CC(F)(F)F. The number of imidazole rings is 1. The van der Waals surface area contributed by atoms with E-state index >= 15 is 0 Å². The van der Waals surface area contributed by atoms with E-state index in [1.54, 1.807) is 7.11 Å². The maximum absolute atomic E-state index is 13.0. The Morgan fingerprint density at radius 3 is 2.88 bits per heavy atom. The summed E-state index contributed by atoms with van der Waals surface area (Å²) < 4.78 is 56.1. The monoisotopic (exact) mass is 455 g/mol. The first kappa shape index (κ1) is 22.4. The molecule has 1 atom stereocenters. The molecule has 32 heavy (non-hydrogen) atoms. The maximum Gasteiger partial charge on any atom is 0.406 e. The second kappa shape index (κ2) is 9.38. The van der Waals surface area contributed by atoms with Crippen LogP contribution in [0.5, 0.6) is 0 Å². The van der Waals surface area contributed by atoms with Gasteiger partial charge < -0.3 is 23.9 Å². The molecule has 1 aliphatic heterocycles.